The molecule has 2 N–H and O–H groups in total. The Kier molecular flexibility index (Phi) is 3.89. The molecular formula is C10H19NO3. The summed E-state index contributed by atoms with van der Waals surface area (Å²) in [7, 11) is 0. The molecule has 1 heterocycles. The Hall–Kier alpha value is -0.610. The van der Waals surface area contributed by atoms with Crippen LogP contribution >= 0.6 is 0 Å². The lowest BCUT2D eigenvalue weighted by atomic mass is 10.0. The molecule has 14 heavy (non-hydrogen) atoms. The smallest absolute Gasteiger partial charge is 0.306 e. The Labute approximate surface area is 84.7 Å². The fraction of sp³-hybridized carbons (Fsp3) is 0.900. The van der Waals surface area contributed by atoms with E-state index in [2.05, 4.69) is 0 Å². The lowest BCUT2D eigenvalue weighted by Gasteiger charge is -2.18. The summed E-state index contributed by atoms with van der Waals surface area (Å²) in [5.41, 5.74) is 5.46. The molecule has 1 saturated heterocycles. The second kappa shape index (κ2) is 4.75. The number of hydrogen-bond acceptors (Lipinski definition) is 4. The molecule has 1 atom stereocenters. The summed E-state index contributed by atoms with van der Waals surface area (Å²) in [4.78, 5) is 11.3. The SMILES string of the molecule is CC(C)(N)CCC(=O)OC1CCOC1. The minimum atomic E-state index is -0.300. The molecule has 0 aromatic rings. The van der Waals surface area contributed by atoms with Crippen LogP contribution in [0.25, 0.3) is 0 Å². The van der Waals surface area contributed by atoms with Gasteiger partial charge in [-0.2, -0.15) is 0 Å². The number of esters is 1. The second-order valence-electron chi connectivity index (χ2n) is 4.46. The molecule has 1 aliphatic heterocycles. The van der Waals surface area contributed by atoms with Gasteiger partial charge in [0.2, 0.25) is 0 Å². The van der Waals surface area contributed by atoms with Crippen molar-refractivity contribution in [2.24, 2.45) is 5.73 Å². The first-order chi connectivity index (χ1) is 6.47. The standard InChI is InChI=1S/C10H19NO3/c1-10(2,11)5-3-9(12)14-8-4-6-13-7-8/h8H,3-7,11H2,1-2H3. The quantitative estimate of drug-likeness (QED) is 0.684. The summed E-state index contributed by atoms with van der Waals surface area (Å²) < 4.78 is 10.3. The van der Waals surface area contributed by atoms with E-state index in [4.69, 9.17) is 15.2 Å². The predicted molar refractivity (Wildman–Crippen MR) is 52.8 cm³/mol. The highest BCUT2D eigenvalue weighted by atomic mass is 16.6. The average molecular weight is 201 g/mol. The maximum absolute atomic E-state index is 11.3. The van der Waals surface area contributed by atoms with Gasteiger partial charge in [-0.1, -0.05) is 0 Å². The van der Waals surface area contributed by atoms with Gasteiger partial charge in [0.05, 0.1) is 13.2 Å². The van der Waals surface area contributed by atoms with Gasteiger partial charge in [-0.25, -0.2) is 0 Å². The molecule has 4 heteroatoms. The van der Waals surface area contributed by atoms with Crippen LogP contribution in [0.5, 0.6) is 0 Å². The molecule has 4 nitrogen and oxygen atoms in total. The maximum atomic E-state index is 11.3. The first-order valence-corrected chi connectivity index (χ1v) is 5.03. The van der Waals surface area contributed by atoms with Crippen molar-refractivity contribution in [3.8, 4) is 0 Å². The van der Waals surface area contributed by atoms with E-state index in [0.717, 1.165) is 6.42 Å². The van der Waals surface area contributed by atoms with Crippen LogP contribution in [0.1, 0.15) is 33.1 Å². The van der Waals surface area contributed by atoms with Crippen molar-refractivity contribution in [3.05, 3.63) is 0 Å². The Bertz CT molecular complexity index is 192. The van der Waals surface area contributed by atoms with Crippen LogP contribution in [0.15, 0.2) is 0 Å². The van der Waals surface area contributed by atoms with Crippen LogP contribution in [0.4, 0.5) is 0 Å². The zero-order chi connectivity index (χ0) is 10.6. The van der Waals surface area contributed by atoms with Crippen LogP contribution in [0, 0.1) is 0 Å². The van der Waals surface area contributed by atoms with Crippen LogP contribution in [-0.4, -0.2) is 30.8 Å². The topological polar surface area (TPSA) is 61.6 Å². The van der Waals surface area contributed by atoms with Gasteiger partial charge >= 0.3 is 5.97 Å². The minimum absolute atomic E-state index is 0.0385. The number of rotatable bonds is 4. The van der Waals surface area contributed by atoms with E-state index >= 15 is 0 Å². The highest BCUT2D eigenvalue weighted by molar-refractivity contribution is 5.69. The molecule has 0 bridgehead atoms. The summed E-state index contributed by atoms with van der Waals surface area (Å²) >= 11 is 0. The van der Waals surface area contributed by atoms with Gasteiger partial charge in [0.15, 0.2) is 0 Å². The highest BCUT2D eigenvalue weighted by Gasteiger charge is 2.21. The summed E-state index contributed by atoms with van der Waals surface area (Å²) in [5, 5.41) is 0. The second-order valence-corrected chi connectivity index (χ2v) is 4.46. The van der Waals surface area contributed by atoms with Gasteiger partial charge in [-0.15, -0.1) is 0 Å². The van der Waals surface area contributed by atoms with Crippen LogP contribution in [0.2, 0.25) is 0 Å². The van der Waals surface area contributed by atoms with E-state index in [1.807, 2.05) is 13.8 Å². The molecule has 0 amide bonds. The Balaban J connectivity index is 2.15. The summed E-state index contributed by atoms with van der Waals surface area (Å²) in [6.45, 7) is 5.04. The first-order valence-electron chi connectivity index (χ1n) is 5.03. The van der Waals surface area contributed by atoms with Gasteiger partial charge in [0.1, 0.15) is 6.10 Å². The molecule has 0 aromatic heterocycles. The Morgan fingerprint density at radius 2 is 2.36 bits per heavy atom. The zero-order valence-electron chi connectivity index (χ0n) is 8.91. The van der Waals surface area contributed by atoms with Gasteiger partial charge in [-0.05, 0) is 20.3 Å². The summed E-state index contributed by atoms with van der Waals surface area (Å²) in [5.74, 6) is -0.168. The van der Waals surface area contributed by atoms with Crippen molar-refractivity contribution in [3.63, 3.8) is 0 Å². The number of ether oxygens (including phenoxy) is 2. The van der Waals surface area contributed by atoms with Crippen molar-refractivity contribution in [1.29, 1.82) is 0 Å². The molecule has 0 aliphatic carbocycles. The first kappa shape index (κ1) is 11.5. The van der Waals surface area contributed by atoms with Gasteiger partial charge in [-0.3, -0.25) is 4.79 Å². The van der Waals surface area contributed by atoms with Crippen molar-refractivity contribution >= 4 is 5.97 Å². The molecular weight excluding hydrogens is 182 g/mol. The fourth-order valence-electron chi connectivity index (χ4n) is 1.27. The summed E-state index contributed by atoms with van der Waals surface area (Å²) in [6.07, 6.45) is 1.82. The Morgan fingerprint density at radius 3 is 2.86 bits per heavy atom. The van der Waals surface area contributed by atoms with Crippen LogP contribution in [-0.2, 0) is 14.3 Å². The van der Waals surface area contributed by atoms with Gasteiger partial charge < -0.3 is 15.2 Å². The monoisotopic (exact) mass is 201 g/mol. The molecule has 0 spiro atoms. The highest BCUT2D eigenvalue weighted by Crippen LogP contribution is 2.12. The van der Waals surface area contributed by atoms with Crippen molar-refractivity contribution in [1.82, 2.24) is 0 Å². The molecule has 1 rings (SSSR count). The largest absolute Gasteiger partial charge is 0.460 e. The molecule has 1 aliphatic rings. The van der Waals surface area contributed by atoms with E-state index in [0.29, 0.717) is 26.1 Å². The third kappa shape index (κ3) is 4.58. The molecule has 1 unspecified atom stereocenters. The zero-order valence-corrected chi connectivity index (χ0v) is 8.91. The number of nitrogens with two attached hydrogens (primary N) is 1. The molecule has 0 saturated carbocycles. The van der Waals surface area contributed by atoms with Crippen molar-refractivity contribution < 1.29 is 14.3 Å². The van der Waals surface area contributed by atoms with E-state index < -0.39 is 0 Å². The van der Waals surface area contributed by atoms with Crippen molar-refractivity contribution in [2.75, 3.05) is 13.2 Å². The fourth-order valence-corrected chi connectivity index (χ4v) is 1.27. The molecule has 0 radical (unpaired) electrons. The van der Waals surface area contributed by atoms with E-state index in [-0.39, 0.29) is 17.6 Å². The van der Waals surface area contributed by atoms with E-state index in [9.17, 15) is 4.79 Å². The minimum Gasteiger partial charge on any atom is -0.460 e. The Morgan fingerprint density at radius 1 is 1.64 bits per heavy atom. The van der Waals surface area contributed by atoms with E-state index in [1.165, 1.54) is 0 Å². The lowest BCUT2D eigenvalue weighted by molar-refractivity contribution is -0.149. The van der Waals surface area contributed by atoms with Gasteiger partial charge in [0.25, 0.3) is 0 Å². The third-order valence-corrected chi connectivity index (χ3v) is 2.16. The molecule has 82 valence electrons. The number of hydrogen-bond donors (Lipinski definition) is 1. The van der Waals surface area contributed by atoms with Crippen LogP contribution in [0.3, 0.4) is 0 Å². The normalized spacial score (nSPS) is 22.4. The number of carbonyl (C=O) groups excluding carboxylic acids is 1. The number of carbonyl (C=O) groups is 1. The summed E-state index contributed by atoms with van der Waals surface area (Å²) in [6, 6.07) is 0. The molecule has 1 fully saturated rings. The lowest BCUT2D eigenvalue weighted by Crippen LogP contribution is -2.33. The maximum Gasteiger partial charge on any atom is 0.306 e. The third-order valence-electron chi connectivity index (χ3n) is 2.16. The van der Waals surface area contributed by atoms with E-state index in [1.54, 1.807) is 0 Å². The van der Waals surface area contributed by atoms with Crippen molar-refractivity contribution in [2.45, 2.75) is 44.8 Å². The van der Waals surface area contributed by atoms with Crippen LogP contribution < -0.4 is 5.73 Å². The molecule has 0 aromatic carbocycles. The predicted octanol–water partition coefficient (Wildman–Crippen LogP) is 0.836. The average Bonchev–Trinajstić information content (AvgIpc) is 2.52. The van der Waals surface area contributed by atoms with Gasteiger partial charge in [0, 0.05) is 18.4 Å².